The molecule has 2 unspecified atom stereocenters. The number of carboxylic acids is 1. The molecule has 4 rings (SSSR count). The molecule has 2 aromatic heterocycles. The van der Waals surface area contributed by atoms with Crippen molar-refractivity contribution in [3.8, 4) is 0 Å². The van der Waals surface area contributed by atoms with Crippen molar-refractivity contribution in [2.45, 2.75) is 18.6 Å². The number of methoxy groups -OCH3 is 1. The van der Waals surface area contributed by atoms with Crippen molar-refractivity contribution in [1.82, 2.24) is 4.90 Å². The van der Waals surface area contributed by atoms with E-state index in [0.29, 0.717) is 17.8 Å². The predicted molar refractivity (Wildman–Crippen MR) is 95.1 cm³/mol. The van der Waals surface area contributed by atoms with E-state index in [1.165, 1.54) is 20.9 Å². The molecule has 1 aliphatic heterocycles. The second kappa shape index (κ2) is 5.84. The first-order valence-corrected chi connectivity index (χ1v) is 9.19. The zero-order chi connectivity index (χ0) is 16.8. The molecule has 3 aromatic rings. The lowest BCUT2D eigenvalue weighted by atomic mass is 10.2. The van der Waals surface area contributed by atoms with Gasteiger partial charge in [0.05, 0.1) is 15.7 Å². The van der Waals surface area contributed by atoms with E-state index in [9.17, 15) is 14.7 Å². The van der Waals surface area contributed by atoms with Crippen LogP contribution in [0.4, 0.5) is 0 Å². The van der Waals surface area contributed by atoms with Gasteiger partial charge in [0.15, 0.2) is 0 Å². The number of carbonyl (C=O) groups is 2. The summed E-state index contributed by atoms with van der Waals surface area (Å²) >= 11 is 3.09. The first-order chi connectivity index (χ1) is 11.6. The van der Waals surface area contributed by atoms with Crippen LogP contribution in [0.3, 0.4) is 0 Å². The number of aliphatic carboxylic acids is 1. The van der Waals surface area contributed by atoms with Gasteiger partial charge in [-0.15, -0.1) is 22.7 Å². The van der Waals surface area contributed by atoms with Crippen molar-refractivity contribution in [2.75, 3.05) is 13.7 Å². The SMILES string of the molecule is COC1CC(C(=O)O)N(C(=O)c2cc3sc4ccccc4c3s2)C1. The Morgan fingerprint density at radius 2 is 2.04 bits per heavy atom. The lowest BCUT2D eigenvalue weighted by Gasteiger charge is -2.20. The molecule has 24 heavy (non-hydrogen) atoms. The predicted octanol–water partition coefficient (Wildman–Crippen LogP) is 3.43. The number of benzene rings is 1. The van der Waals surface area contributed by atoms with Crippen molar-refractivity contribution >= 4 is 54.0 Å². The van der Waals surface area contributed by atoms with Gasteiger partial charge in [0.2, 0.25) is 0 Å². The van der Waals surface area contributed by atoms with E-state index in [1.54, 1.807) is 18.4 Å². The zero-order valence-electron chi connectivity index (χ0n) is 12.9. The lowest BCUT2D eigenvalue weighted by molar-refractivity contribution is -0.141. The van der Waals surface area contributed by atoms with Crippen molar-refractivity contribution < 1.29 is 19.4 Å². The van der Waals surface area contributed by atoms with Crippen LogP contribution in [-0.2, 0) is 9.53 Å². The molecule has 1 fully saturated rings. The van der Waals surface area contributed by atoms with E-state index in [2.05, 4.69) is 12.1 Å². The Labute approximate surface area is 146 Å². The minimum absolute atomic E-state index is 0.223. The molecule has 1 N–H and O–H groups in total. The summed E-state index contributed by atoms with van der Waals surface area (Å²) in [6.45, 7) is 0.318. The van der Waals surface area contributed by atoms with E-state index in [4.69, 9.17) is 4.74 Å². The van der Waals surface area contributed by atoms with Crippen LogP contribution >= 0.6 is 22.7 Å². The Hall–Kier alpha value is -1.96. The summed E-state index contributed by atoms with van der Waals surface area (Å²) in [6, 6.07) is 9.17. The number of hydrogen-bond donors (Lipinski definition) is 1. The van der Waals surface area contributed by atoms with Crippen LogP contribution in [-0.4, -0.2) is 47.7 Å². The topological polar surface area (TPSA) is 66.8 Å². The summed E-state index contributed by atoms with van der Waals surface area (Å²) in [4.78, 5) is 26.3. The summed E-state index contributed by atoms with van der Waals surface area (Å²) in [5.74, 6) is -1.20. The maximum absolute atomic E-state index is 12.8. The highest BCUT2D eigenvalue weighted by molar-refractivity contribution is 7.33. The Morgan fingerprint density at radius 3 is 2.79 bits per heavy atom. The van der Waals surface area contributed by atoms with E-state index in [0.717, 1.165) is 14.8 Å². The normalized spacial score (nSPS) is 21.0. The standard InChI is InChI=1S/C17H15NO4S2/c1-22-9-6-11(17(20)21)18(8-9)16(19)14-7-13-15(24-14)10-4-2-3-5-12(10)23-13/h2-5,7,9,11H,6,8H2,1H3,(H,20,21). The molecule has 5 nitrogen and oxygen atoms in total. The molecule has 0 bridgehead atoms. The minimum atomic E-state index is -0.980. The van der Waals surface area contributed by atoms with Crippen LogP contribution in [0.25, 0.3) is 19.5 Å². The maximum atomic E-state index is 12.8. The van der Waals surface area contributed by atoms with Crippen LogP contribution in [0, 0.1) is 0 Å². The van der Waals surface area contributed by atoms with Crippen molar-refractivity contribution in [2.24, 2.45) is 0 Å². The zero-order valence-corrected chi connectivity index (χ0v) is 14.5. The van der Waals surface area contributed by atoms with E-state index < -0.39 is 12.0 Å². The molecule has 1 amide bonds. The molecule has 0 spiro atoms. The number of nitrogens with zero attached hydrogens (tertiary/aromatic N) is 1. The number of hydrogen-bond acceptors (Lipinski definition) is 5. The van der Waals surface area contributed by atoms with Gasteiger partial charge in [-0.2, -0.15) is 0 Å². The molecule has 7 heteroatoms. The second-order valence-electron chi connectivity index (χ2n) is 5.81. The van der Waals surface area contributed by atoms with Crippen LogP contribution in [0.15, 0.2) is 30.3 Å². The number of ether oxygens (including phenoxy) is 1. The summed E-state index contributed by atoms with van der Waals surface area (Å²) in [5, 5.41) is 10.5. The fourth-order valence-electron chi connectivity index (χ4n) is 3.17. The molecule has 3 heterocycles. The Bertz CT molecular complexity index is 945. The number of likely N-dealkylation sites (tertiary alicyclic amines) is 1. The van der Waals surface area contributed by atoms with Gasteiger partial charge in [0.1, 0.15) is 6.04 Å². The number of fused-ring (bicyclic) bond motifs is 3. The van der Waals surface area contributed by atoms with E-state index in [-0.39, 0.29) is 12.0 Å². The van der Waals surface area contributed by atoms with Gasteiger partial charge in [0, 0.05) is 34.9 Å². The molecule has 0 aliphatic carbocycles. The summed E-state index contributed by atoms with van der Waals surface area (Å²) < 4.78 is 8.61. The minimum Gasteiger partial charge on any atom is -0.480 e. The maximum Gasteiger partial charge on any atom is 0.326 e. The van der Waals surface area contributed by atoms with Gasteiger partial charge in [0.25, 0.3) is 5.91 Å². The van der Waals surface area contributed by atoms with Crippen molar-refractivity contribution in [3.05, 3.63) is 35.2 Å². The highest BCUT2D eigenvalue weighted by Gasteiger charge is 2.40. The van der Waals surface area contributed by atoms with Crippen LogP contribution in [0.2, 0.25) is 0 Å². The van der Waals surface area contributed by atoms with Gasteiger partial charge in [-0.25, -0.2) is 4.79 Å². The second-order valence-corrected chi connectivity index (χ2v) is 7.94. The number of rotatable bonds is 3. The monoisotopic (exact) mass is 361 g/mol. The Morgan fingerprint density at radius 1 is 1.25 bits per heavy atom. The number of amides is 1. The largest absolute Gasteiger partial charge is 0.480 e. The highest BCUT2D eigenvalue weighted by Crippen LogP contribution is 2.40. The van der Waals surface area contributed by atoms with Crippen LogP contribution in [0.1, 0.15) is 16.1 Å². The van der Waals surface area contributed by atoms with Gasteiger partial charge in [-0.05, 0) is 12.1 Å². The van der Waals surface area contributed by atoms with Gasteiger partial charge >= 0.3 is 5.97 Å². The lowest BCUT2D eigenvalue weighted by Crippen LogP contribution is -2.40. The third-order valence-electron chi connectivity index (χ3n) is 4.40. The molecule has 1 aliphatic rings. The molecule has 1 saturated heterocycles. The number of thiophene rings is 2. The Kier molecular flexibility index (Phi) is 3.79. The molecule has 0 radical (unpaired) electrons. The molecular weight excluding hydrogens is 346 g/mol. The quantitative estimate of drug-likeness (QED) is 0.776. The molecule has 2 atom stereocenters. The molecule has 0 saturated carbocycles. The third-order valence-corrected chi connectivity index (χ3v) is 6.81. The summed E-state index contributed by atoms with van der Waals surface area (Å²) in [7, 11) is 1.55. The first kappa shape index (κ1) is 15.6. The molecular formula is C17H15NO4S2. The first-order valence-electron chi connectivity index (χ1n) is 7.56. The number of carbonyl (C=O) groups excluding carboxylic acids is 1. The molecule has 124 valence electrons. The van der Waals surface area contributed by atoms with Crippen molar-refractivity contribution in [1.29, 1.82) is 0 Å². The average Bonchev–Trinajstić information content (AvgIpc) is 3.26. The average molecular weight is 361 g/mol. The fourth-order valence-corrected chi connectivity index (χ4v) is 5.65. The van der Waals surface area contributed by atoms with E-state index in [1.807, 2.05) is 18.2 Å². The van der Waals surface area contributed by atoms with Gasteiger partial charge in [-0.1, -0.05) is 18.2 Å². The van der Waals surface area contributed by atoms with E-state index >= 15 is 0 Å². The fraction of sp³-hybridized carbons (Fsp3) is 0.294. The summed E-state index contributed by atoms with van der Waals surface area (Å²) in [5.41, 5.74) is 0. The highest BCUT2D eigenvalue weighted by atomic mass is 32.1. The third kappa shape index (κ3) is 2.40. The molecule has 1 aromatic carbocycles. The summed E-state index contributed by atoms with van der Waals surface area (Å²) in [6.07, 6.45) is 0.109. The number of carboxylic acid groups (broad SMARTS) is 1. The van der Waals surface area contributed by atoms with Crippen LogP contribution in [0.5, 0.6) is 0 Å². The van der Waals surface area contributed by atoms with Crippen molar-refractivity contribution in [3.63, 3.8) is 0 Å². The van der Waals surface area contributed by atoms with Gasteiger partial charge < -0.3 is 14.7 Å². The smallest absolute Gasteiger partial charge is 0.326 e. The van der Waals surface area contributed by atoms with Crippen LogP contribution < -0.4 is 0 Å². The Balaban J connectivity index is 1.71. The van der Waals surface area contributed by atoms with Gasteiger partial charge in [-0.3, -0.25) is 4.79 Å².